The molecular weight excluding hydrogens is 362 g/mol. The van der Waals surface area contributed by atoms with Gasteiger partial charge in [-0.3, -0.25) is 14.4 Å². The van der Waals surface area contributed by atoms with Gasteiger partial charge < -0.3 is 9.64 Å². The zero-order valence-electron chi connectivity index (χ0n) is 16.1. The molecule has 2 saturated heterocycles. The summed E-state index contributed by atoms with van der Waals surface area (Å²) >= 11 is 1.77. The molecule has 1 spiro atoms. The van der Waals surface area contributed by atoms with E-state index in [-0.39, 0.29) is 11.4 Å². The van der Waals surface area contributed by atoms with Crippen molar-refractivity contribution in [3.8, 4) is 0 Å². The Morgan fingerprint density at radius 3 is 2.96 bits per heavy atom. The number of hydrogen-bond acceptors (Lipinski definition) is 6. The van der Waals surface area contributed by atoms with Gasteiger partial charge in [-0.15, -0.1) is 11.3 Å². The van der Waals surface area contributed by atoms with Gasteiger partial charge in [-0.05, 0) is 32.3 Å². The Bertz CT molecular complexity index is 804. The molecule has 1 atom stereocenters. The highest BCUT2D eigenvalue weighted by Gasteiger charge is 2.48. The number of likely N-dealkylation sites (tertiary alicyclic amines) is 2. The Kier molecular flexibility index (Phi) is 5.29. The molecule has 4 rings (SSSR count). The Labute approximate surface area is 163 Å². The summed E-state index contributed by atoms with van der Waals surface area (Å²) in [6.45, 7) is 6.87. The molecule has 2 aliphatic rings. The van der Waals surface area contributed by atoms with Crippen LogP contribution in [0.5, 0.6) is 0 Å². The van der Waals surface area contributed by atoms with Crippen molar-refractivity contribution in [2.45, 2.75) is 44.8 Å². The van der Waals surface area contributed by atoms with Gasteiger partial charge in [0.05, 0.1) is 18.2 Å². The van der Waals surface area contributed by atoms with Crippen molar-refractivity contribution in [3.05, 3.63) is 34.0 Å². The minimum Gasteiger partial charge on any atom is -0.383 e. The van der Waals surface area contributed by atoms with E-state index >= 15 is 0 Å². The fourth-order valence-corrected chi connectivity index (χ4v) is 5.09. The first-order valence-electron chi connectivity index (χ1n) is 9.58. The number of carbonyl (C=O) groups excluding carboxylic acids is 1. The number of thiazole rings is 1. The van der Waals surface area contributed by atoms with Crippen molar-refractivity contribution in [1.29, 1.82) is 0 Å². The number of hydrogen-bond donors (Lipinski definition) is 0. The third-order valence-corrected chi connectivity index (χ3v) is 6.72. The fourth-order valence-electron chi connectivity index (χ4n) is 4.28. The van der Waals surface area contributed by atoms with E-state index < -0.39 is 0 Å². The molecule has 27 heavy (non-hydrogen) atoms. The third kappa shape index (κ3) is 3.66. The maximum atomic E-state index is 13.1. The highest BCUT2D eigenvalue weighted by Crippen LogP contribution is 2.40. The quantitative estimate of drug-likeness (QED) is 0.758. The monoisotopic (exact) mass is 389 g/mol. The Morgan fingerprint density at radius 2 is 2.26 bits per heavy atom. The predicted octanol–water partition coefficient (Wildman–Crippen LogP) is 2.18. The fraction of sp³-hybridized carbons (Fsp3) is 0.632. The molecule has 0 aliphatic carbocycles. The lowest BCUT2D eigenvalue weighted by Gasteiger charge is -2.57. The number of amides is 1. The molecule has 2 fully saturated rings. The summed E-state index contributed by atoms with van der Waals surface area (Å²) < 4.78 is 6.89. The molecule has 0 saturated carbocycles. The second kappa shape index (κ2) is 7.69. The molecule has 2 aromatic heterocycles. The molecule has 8 heteroatoms. The lowest BCUT2D eigenvalue weighted by Crippen LogP contribution is -2.67. The summed E-state index contributed by atoms with van der Waals surface area (Å²) in [5, 5.41) is 5.40. The summed E-state index contributed by atoms with van der Waals surface area (Å²) in [7, 11) is 1.66. The van der Waals surface area contributed by atoms with Crippen molar-refractivity contribution in [2.24, 2.45) is 0 Å². The van der Waals surface area contributed by atoms with E-state index in [0.717, 1.165) is 50.4 Å². The average Bonchev–Trinajstić information content (AvgIpc) is 3.31. The minimum absolute atomic E-state index is 0.0863. The SMILES string of the molecule is COCCn1nccc1C(=O)N1CCC[C@]2(CCN2Cc2cnc(C)s2)C1. The molecule has 0 N–H and O–H groups in total. The number of aromatic nitrogens is 3. The molecule has 0 bridgehead atoms. The first-order valence-corrected chi connectivity index (χ1v) is 10.4. The van der Waals surface area contributed by atoms with Crippen molar-refractivity contribution in [2.75, 3.05) is 33.4 Å². The van der Waals surface area contributed by atoms with Crippen molar-refractivity contribution >= 4 is 17.2 Å². The number of methoxy groups -OCH3 is 1. The van der Waals surface area contributed by atoms with E-state index in [0.29, 0.717) is 18.8 Å². The van der Waals surface area contributed by atoms with Crippen LogP contribution < -0.4 is 0 Å². The Hall–Kier alpha value is -1.77. The molecule has 146 valence electrons. The molecule has 1 amide bonds. The summed E-state index contributed by atoms with van der Waals surface area (Å²) in [4.78, 5) is 23.4. The largest absolute Gasteiger partial charge is 0.383 e. The van der Waals surface area contributed by atoms with E-state index in [2.05, 4.69) is 15.0 Å². The van der Waals surface area contributed by atoms with Gasteiger partial charge in [0.1, 0.15) is 5.69 Å². The van der Waals surface area contributed by atoms with E-state index in [9.17, 15) is 4.79 Å². The van der Waals surface area contributed by atoms with Crippen LogP contribution in [0, 0.1) is 6.92 Å². The first kappa shape index (κ1) is 18.6. The van der Waals surface area contributed by atoms with E-state index in [1.165, 1.54) is 4.88 Å². The summed E-state index contributed by atoms with van der Waals surface area (Å²) in [5.41, 5.74) is 0.788. The average molecular weight is 390 g/mol. The molecule has 0 radical (unpaired) electrons. The zero-order chi connectivity index (χ0) is 18.9. The van der Waals surface area contributed by atoms with Crippen LogP contribution in [0.15, 0.2) is 18.5 Å². The molecule has 0 aromatic carbocycles. The molecule has 4 heterocycles. The van der Waals surface area contributed by atoms with Crippen LogP contribution in [0.1, 0.15) is 39.6 Å². The van der Waals surface area contributed by atoms with Crippen LogP contribution in [0.3, 0.4) is 0 Å². The number of piperidine rings is 1. The molecule has 0 unspecified atom stereocenters. The van der Waals surface area contributed by atoms with Crippen molar-refractivity contribution in [3.63, 3.8) is 0 Å². The lowest BCUT2D eigenvalue weighted by atomic mass is 9.77. The third-order valence-electron chi connectivity index (χ3n) is 5.82. The standard InChI is InChI=1S/C19H27N5O2S/c1-15-20-12-16(27-15)13-23-9-6-19(23)5-3-8-22(14-19)18(25)17-4-7-21-24(17)10-11-26-2/h4,7,12H,3,5-6,8-11,13-14H2,1-2H3/t19-/m0/s1. The van der Waals surface area contributed by atoms with Gasteiger partial charge in [0.2, 0.25) is 0 Å². The normalized spacial score (nSPS) is 23.0. The highest BCUT2D eigenvalue weighted by atomic mass is 32.1. The lowest BCUT2D eigenvalue weighted by molar-refractivity contribution is -0.0645. The number of ether oxygens (including phenoxy) is 1. The van der Waals surface area contributed by atoms with Gasteiger partial charge in [-0.1, -0.05) is 0 Å². The maximum absolute atomic E-state index is 13.1. The van der Waals surface area contributed by atoms with Gasteiger partial charge in [0.15, 0.2) is 0 Å². The van der Waals surface area contributed by atoms with E-state index in [4.69, 9.17) is 4.74 Å². The zero-order valence-corrected chi connectivity index (χ0v) is 16.9. The summed E-state index contributed by atoms with van der Waals surface area (Å²) in [6, 6.07) is 1.82. The highest BCUT2D eigenvalue weighted by molar-refractivity contribution is 7.11. The number of nitrogens with zero attached hydrogens (tertiary/aromatic N) is 5. The van der Waals surface area contributed by atoms with Gasteiger partial charge in [-0.2, -0.15) is 5.10 Å². The molecule has 7 nitrogen and oxygen atoms in total. The Balaban J connectivity index is 1.45. The number of aryl methyl sites for hydroxylation is 1. The summed E-state index contributed by atoms with van der Waals surface area (Å²) in [5.74, 6) is 0.0863. The van der Waals surface area contributed by atoms with Crippen molar-refractivity contribution in [1.82, 2.24) is 24.6 Å². The van der Waals surface area contributed by atoms with Gasteiger partial charge >= 0.3 is 0 Å². The predicted molar refractivity (Wildman–Crippen MR) is 104 cm³/mol. The van der Waals surface area contributed by atoms with Crippen LogP contribution in [0.25, 0.3) is 0 Å². The Morgan fingerprint density at radius 1 is 1.37 bits per heavy atom. The second-order valence-corrected chi connectivity index (χ2v) is 8.82. The maximum Gasteiger partial charge on any atom is 0.272 e. The number of rotatable bonds is 6. The summed E-state index contributed by atoms with van der Waals surface area (Å²) in [6.07, 6.45) is 7.07. The van der Waals surface area contributed by atoms with E-state index in [1.807, 2.05) is 24.1 Å². The topological polar surface area (TPSA) is 63.5 Å². The minimum atomic E-state index is 0.0863. The van der Waals surface area contributed by atoms with Gasteiger partial charge in [-0.25, -0.2) is 4.98 Å². The van der Waals surface area contributed by atoms with Crippen LogP contribution >= 0.6 is 11.3 Å². The number of carbonyl (C=O) groups is 1. The van der Waals surface area contributed by atoms with Crippen LogP contribution in [-0.4, -0.2) is 69.4 Å². The molecular formula is C19H27N5O2S. The molecule has 2 aliphatic heterocycles. The van der Waals surface area contributed by atoms with Gasteiger partial charge in [0, 0.05) is 56.1 Å². The molecule has 2 aromatic rings. The smallest absolute Gasteiger partial charge is 0.272 e. The van der Waals surface area contributed by atoms with Crippen LogP contribution in [-0.2, 0) is 17.8 Å². The van der Waals surface area contributed by atoms with E-state index in [1.54, 1.807) is 29.3 Å². The second-order valence-electron chi connectivity index (χ2n) is 7.50. The van der Waals surface area contributed by atoms with Crippen LogP contribution in [0.2, 0.25) is 0 Å². The first-order chi connectivity index (χ1) is 13.1. The van der Waals surface area contributed by atoms with Gasteiger partial charge in [0.25, 0.3) is 5.91 Å². The van der Waals surface area contributed by atoms with Crippen LogP contribution in [0.4, 0.5) is 0 Å². The van der Waals surface area contributed by atoms with Crippen molar-refractivity contribution < 1.29 is 9.53 Å².